The summed E-state index contributed by atoms with van der Waals surface area (Å²) in [5, 5.41) is 9.17. The number of aromatic nitrogens is 3. The summed E-state index contributed by atoms with van der Waals surface area (Å²) in [5.41, 5.74) is 7.37. The highest BCUT2D eigenvalue weighted by molar-refractivity contribution is 5.78. The lowest BCUT2D eigenvalue weighted by Crippen LogP contribution is -2.19. The number of allylic oxidation sites excluding steroid dienone is 4. The Kier molecular flexibility index (Phi) is 4.53. The molecule has 1 saturated heterocycles. The second-order valence-electron chi connectivity index (χ2n) is 9.17. The maximum absolute atomic E-state index is 9.17. The van der Waals surface area contributed by atoms with Gasteiger partial charge in [-0.05, 0) is 59.7 Å². The molecule has 5 heteroatoms. The molecule has 0 N–H and O–H groups in total. The molecule has 4 heterocycles. The van der Waals surface area contributed by atoms with Crippen molar-refractivity contribution in [2.75, 3.05) is 18.0 Å². The Morgan fingerprint density at radius 2 is 2.19 bits per heavy atom. The Balaban J connectivity index is 1.39. The molecule has 1 fully saturated rings. The van der Waals surface area contributed by atoms with Crippen LogP contribution in [0.1, 0.15) is 37.3 Å². The fraction of sp³-hybridized carbons (Fsp3) is 0.333. The molecule has 2 atom stereocenters. The standard InChI is InChI=1S/C27H27N5/c1-2-19-9-11-30(16-19)24-7-8-25-23(13-24)18-31-17-22(21-5-3-20(15-28)4-6-21)14-26(31)27-29-10-12-32(25)27/h3,5-8,10,12-14,17,19-20H,2,4,9,11,16,18H2,1H3/t19-,20?/m1/s1. The number of hydrogen-bond donors (Lipinski definition) is 0. The molecule has 2 aliphatic heterocycles. The van der Waals surface area contributed by atoms with Gasteiger partial charge in [0.25, 0.3) is 0 Å². The second-order valence-corrected chi connectivity index (χ2v) is 9.17. The van der Waals surface area contributed by atoms with Crippen molar-refractivity contribution in [3.63, 3.8) is 0 Å². The van der Waals surface area contributed by atoms with Crippen molar-refractivity contribution in [2.24, 2.45) is 11.8 Å². The molecule has 160 valence electrons. The zero-order chi connectivity index (χ0) is 21.7. The van der Waals surface area contributed by atoms with Gasteiger partial charge in [-0.3, -0.25) is 4.57 Å². The van der Waals surface area contributed by atoms with E-state index in [1.54, 1.807) is 0 Å². The summed E-state index contributed by atoms with van der Waals surface area (Å²) in [6, 6.07) is 11.5. The third kappa shape index (κ3) is 3.10. The van der Waals surface area contributed by atoms with Crippen molar-refractivity contribution in [1.29, 1.82) is 5.26 Å². The fourth-order valence-electron chi connectivity index (χ4n) is 5.32. The first kappa shape index (κ1) is 19.2. The van der Waals surface area contributed by atoms with Crippen LogP contribution in [0, 0.1) is 23.2 Å². The molecule has 0 bridgehead atoms. The van der Waals surface area contributed by atoms with Crippen molar-refractivity contribution in [1.82, 2.24) is 14.1 Å². The van der Waals surface area contributed by atoms with Gasteiger partial charge >= 0.3 is 0 Å². The van der Waals surface area contributed by atoms with E-state index in [0.717, 1.165) is 43.5 Å². The van der Waals surface area contributed by atoms with Crippen LogP contribution in [-0.2, 0) is 6.54 Å². The van der Waals surface area contributed by atoms with Crippen molar-refractivity contribution in [2.45, 2.75) is 32.7 Å². The lowest BCUT2D eigenvalue weighted by Gasteiger charge is -2.21. The molecule has 0 saturated carbocycles. The Hall–Kier alpha value is -3.52. The van der Waals surface area contributed by atoms with E-state index in [-0.39, 0.29) is 5.92 Å². The molecule has 5 nitrogen and oxygen atoms in total. The van der Waals surface area contributed by atoms with E-state index in [2.05, 4.69) is 75.8 Å². The number of fused-ring (bicyclic) bond motifs is 5. The van der Waals surface area contributed by atoms with Crippen molar-refractivity contribution < 1.29 is 0 Å². The van der Waals surface area contributed by atoms with Gasteiger partial charge in [0.15, 0.2) is 5.82 Å². The van der Waals surface area contributed by atoms with Gasteiger partial charge in [0.1, 0.15) is 0 Å². The number of nitrogens with zero attached hydrogens (tertiary/aromatic N) is 5. The van der Waals surface area contributed by atoms with Gasteiger partial charge < -0.3 is 9.47 Å². The minimum Gasteiger partial charge on any atom is -0.371 e. The third-order valence-corrected chi connectivity index (χ3v) is 7.26. The number of anilines is 1. The normalized spacial score (nSPS) is 21.4. The van der Waals surface area contributed by atoms with E-state index in [9.17, 15) is 5.26 Å². The van der Waals surface area contributed by atoms with Crippen LogP contribution in [0.3, 0.4) is 0 Å². The number of nitriles is 1. The average Bonchev–Trinajstić information content (AvgIpc) is 3.57. The summed E-state index contributed by atoms with van der Waals surface area (Å²) in [6.45, 7) is 5.44. The van der Waals surface area contributed by atoms with Gasteiger partial charge in [0.2, 0.25) is 0 Å². The minimum absolute atomic E-state index is 0.0127. The quantitative estimate of drug-likeness (QED) is 0.444. The van der Waals surface area contributed by atoms with Crippen LogP contribution in [0.25, 0.3) is 22.8 Å². The monoisotopic (exact) mass is 421 g/mol. The van der Waals surface area contributed by atoms with Crippen LogP contribution in [0.2, 0.25) is 0 Å². The van der Waals surface area contributed by atoms with Crippen LogP contribution >= 0.6 is 0 Å². The smallest absolute Gasteiger partial charge is 0.161 e. The summed E-state index contributed by atoms with van der Waals surface area (Å²) in [7, 11) is 0. The van der Waals surface area contributed by atoms with Gasteiger partial charge in [-0.15, -0.1) is 0 Å². The highest BCUT2D eigenvalue weighted by atomic mass is 15.2. The molecule has 3 aliphatic rings. The second kappa shape index (κ2) is 7.56. The fourth-order valence-corrected chi connectivity index (χ4v) is 5.32. The first-order chi connectivity index (χ1) is 15.7. The maximum Gasteiger partial charge on any atom is 0.161 e. The first-order valence-corrected chi connectivity index (χ1v) is 11.6. The topological polar surface area (TPSA) is 49.8 Å². The number of imidazole rings is 1. The lowest BCUT2D eigenvalue weighted by atomic mass is 9.95. The van der Waals surface area contributed by atoms with E-state index in [4.69, 9.17) is 4.98 Å². The Morgan fingerprint density at radius 3 is 2.97 bits per heavy atom. The van der Waals surface area contributed by atoms with Crippen LogP contribution in [-0.4, -0.2) is 27.2 Å². The summed E-state index contributed by atoms with van der Waals surface area (Å²) in [5.74, 6) is 1.77. The Labute approximate surface area is 188 Å². The third-order valence-electron chi connectivity index (χ3n) is 7.26. The number of rotatable bonds is 3. The summed E-state index contributed by atoms with van der Waals surface area (Å²) in [4.78, 5) is 7.25. The highest BCUT2D eigenvalue weighted by Gasteiger charge is 2.25. The molecule has 1 unspecified atom stereocenters. The first-order valence-electron chi connectivity index (χ1n) is 11.6. The zero-order valence-electron chi connectivity index (χ0n) is 18.4. The van der Waals surface area contributed by atoms with Crippen molar-refractivity contribution in [3.8, 4) is 23.3 Å². The van der Waals surface area contributed by atoms with E-state index < -0.39 is 0 Å². The molecule has 0 spiro atoms. The number of benzene rings is 1. The minimum atomic E-state index is -0.0127. The molecule has 6 rings (SSSR count). The van der Waals surface area contributed by atoms with E-state index in [1.807, 2.05) is 12.3 Å². The Bertz CT molecular complexity index is 1280. The molecule has 1 aromatic carbocycles. The van der Waals surface area contributed by atoms with Crippen LogP contribution in [0.15, 0.2) is 61.1 Å². The zero-order valence-corrected chi connectivity index (χ0v) is 18.4. The van der Waals surface area contributed by atoms with Gasteiger partial charge in [0, 0.05) is 43.9 Å². The van der Waals surface area contributed by atoms with Gasteiger partial charge in [-0.1, -0.05) is 31.6 Å². The summed E-state index contributed by atoms with van der Waals surface area (Å²) >= 11 is 0. The van der Waals surface area contributed by atoms with E-state index in [1.165, 1.54) is 40.9 Å². The van der Waals surface area contributed by atoms with Crippen molar-refractivity contribution in [3.05, 3.63) is 72.2 Å². The molecule has 0 radical (unpaired) electrons. The SMILES string of the molecule is CC[C@@H]1CCN(c2ccc3c(c2)Cn2cc(C4=CCC(C#N)C=C4)cc2-c2nccn2-3)C1. The predicted molar refractivity (Wildman–Crippen MR) is 128 cm³/mol. The average molecular weight is 422 g/mol. The van der Waals surface area contributed by atoms with Gasteiger partial charge in [-0.2, -0.15) is 5.26 Å². The summed E-state index contributed by atoms with van der Waals surface area (Å²) in [6.07, 6.45) is 15.8. The Morgan fingerprint density at radius 1 is 1.25 bits per heavy atom. The molecule has 1 aliphatic carbocycles. The van der Waals surface area contributed by atoms with Crippen LogP contribution in [0.4, 0.5) is 5.69 Å². The lowest BCUT2D eigenvalue weighted by molar-refractivity contribution is 0.569. The molecule has 2 aromatic heterocycles. The highest BCUT2D eigenvalue weighted by Crippen LogP contribution is 2.36. The largest absolute Gasteiger partial charge is 0.371 e. The molecule has 0 amide bonds. The molecule has 3 aromatic rings. The van der Waals surface area contributed by atoms with Gasteiger partial charge in [-0.25, -0.2) is 4.98 Å². The van der Waals surface area contributed by atoms with Gasteiger partial charge in [0.05, 0.1) is 23.4 Å². The van der Waals surface area contributed by atoms with Crippen molar-refractivity contribution >= 4 is 11.3 Å². The summed E-state index contributed by atoms with van der Waals surface area (Å²) < 4.78 is 4.55. The molecular formula is C27H27N5. The van der Waals surface area contributed by atoms with E-state index >= 15 is 0 Å². The number of hydrogen-bond acceptors (Lipinski definition) is 3. The molecular weight excluding hydrogens is 394 g/mol. The predicted octanol–water partition coefficient (Wildman–Crippen LogP) is 5.42. The maximum atomic E-state index is 9.17. The van der Waals surface area contributed by atoms with Crippen LogP contribution < -0.4 is 4.90 Å². The van der Waals surface area contributed by atoms with Crippen LogP contribution in [0.5, 0.6) is 0 Å². The van der Waals surface area contributed by atoms with E-state index in [0.29, 0.717) is 0 Å². The molecule has 32 heavy (non-hydrogen) atoms.